The van der Waals surface area contributed by atoms with E-state index < -0.39 is 5.97 Å². The molecule has 0 aliphatic heterocycles. The molecule has 0 spiro atoms. The summed E-state index contributed by atoms with van der Waals surface area (Å²) >= 11 is 0. The van der Waals surface area contributed by atoms with Crippen molar-refractivity contribution in [1.29, 1.82) is 0 Å². The van der Waals surface area contributed by atoms with Gasteiger partial charge >= 0.3 is 5.97 Å². The number of rotatable bonds is 2. The second kappa shape index (κ2) is 4.10. The minimum absolute atomic E-state index is 0.339. The van der Waals surface area contributed by atoms with Crippen LogP contribution in [0, 0.1) is 0 Å². The van der Waals surface area contributed by atoms with Gasteiger partial charge in [-0.25, -0.2) is 0 Å². The molecule has 1 aromatic carbocycles. The van der Waals surface area contributed by atoms with E-state index in [-0.39, 0.29) is 0 Å². The molecule has 1 heterocycles. The summed E-state index contributed by atoms with van der Waals surface area (Å²) in [6, 6.07) is 6.88. The van der Waals surface area contributed by atoms with Crippen molar-refractivity contribution in [2.75, 3.05) is 0 Å². The van der Waals surface area contributed by atoms with Crippen LogP contribution in [0.1, 0.15) is 17.4 Å². The van der Waals surface area contributed by atoms with Crippen LogP contribution in [-0.4, -0.2) is 17.2 Å². The van der Waals surface area contributed by atoms with E-state index in [1.165, 1.54) is 6.92 Å². The molecule has 1 aromatic heterocycles. The first-order valence-corrected chi connectivity index (χ1v) is 4.73. The van der Waals surface area contributed by atoms with E-state index in [0.29, 0.717) is 23.1 Å². The van der Waals surface area contributed by atoms with Gasteiger partial charge < -0.3 is 4.74 Å². The van der Waals surface area contributed by atoms with Gasteiger partial charge in [-0.05, 0) is 23.6 Å². The third-order valence-electron chi connectivity index (χ3n) is 2.14. The number of esters is 1. The summed E-state index contributed by atoms with van der Waals surface area (Å²) in [5, 5.41) is 1.56. The Balaban J connectivity index is 2.58. The number of pyridine rings is 1. The van der Waals surface area contributed by atoms with Gasteiger partial charge in [0.15, 0.2) is 6.29 Å². The van der Waals surface area contributed by atoms with Crippen molar-refractivity contribution in [2.45, 2.75) is 6.92 Å². The number of nitrogens with zero attached hydrogens (tertiary/aromatic N) is 1. The van der Waals surface area contributed by atoms with Gasteiger partial charge in [-0.2, -0.15) is 0 Å². The highest BCUT2D eigenvalue weighted by Crippen LogP contribution is 2.22. The SMILES string of the molecule is CC(=O)Oc1ccc2ccnc(C=O)c2c1. The van der Waals surface area contributed by atoms with Crippen molar-refractivity contribution in [3.05, 3.63) is 36.2 Å². The zero-order valence-corrected chi connectivity index (χ0v) is 8.64. The fourth-order valence-corrected chi connectivity index (χ4v) is 1.49. The molecule has 0 N–H and O–H groups in total. The van der Waals surface area contributed by atoms with Gasteiger partial charge in [0.1, 0.15) is 11.4 Å². The summed E-state index contributed by atoms with van der Waals surface area (Å²) in [5.41, 5.74) is 0.339. The van der Waals surface area contributed by atoms with Crippen molar-refractivity contribution < 1.29 is 14.3 Å². The van der Waals surface area contributed by atoms with E-state index in [9.17, 15) is 9.59 Å². The van der Waals surface area contributed by atoms with Crippen LogP contribution in [0.25, 0.3) is 10.8 Å². The van der Waals surface area contributed by atoms with E-state index in [2.05, 4.69) is 4.98 Å². The van der Waals surface area contributed by atoms with Crippen LogP contribution in [0.15, 0.2) is 30.5 Å². The lowest BCUT2D eigenvalue weighted by Gasteiger charge is -2.04. The molecule has 80 valence electrons. The Morgan fingerprint density at radius 2 is 2.19 bits per heavy atom. The standard InChI is InChI=1S/C12H9NO3/c1-8(15)16-10-3-2-9-4-5-13-12(7-14)11(9)6-10/h2-7H,1H3. The second-order valence-corrected chi connectivity index (χ2v) is 3.29. The predicted molar refractivity (Wildman–Crippen MR) is 58.4 cm³/mol. The molecule has 0 bridgehead atoms. The molecule has 4 nitrogen and oxygen atoms in total. The molecule has 0 unspecified atom stereocenters. The van der Waals surface area contributed by atoms with Crippen LogP contribution in [-0.2, 0) is 4.79 Å². The minimum Gasteiger partial charge on any atom is -0.427 e. The quantitative estimate of drug-likeness (QED) is 0.436. The third kappa shape index (κ3) is 1.91. The van der Waals surface area contributed by atoms with Crippen molar-refractivity contribution in [3.8, 4) is 5.75 Å². The summed E-state index contributed by atoms with van der Waals surface area (Å²) in [7, 11) is 0. The average molecular weight is 215 g/mol. The molecular formula is C12H9NO3. The molecule has 2 aromatic rings. The Labute approximate surface area is 91.9 Å². The highest BCUT2D eigenvalue weighted by atomic mass is 16.5. The molecule has 2 rings (SSSR count). The lowest BCUT2D eigenvalue weighted by atomic mass is 10.1. The van der Waals surface area contributed by atoms with E-state index in [0.717, 1.165) is 5.39 Å². The number of carbonyl (C=O) groups is 2. The van der Waals surface area contributed by atoms with Crippen molar-refractivity contribution in [3.63, 3.8) is 0 Å². The third-order valence-corrected chi connectivity index (χ3v) is 2.14. The van der Waals surface area contributed by atoms with Gasteiger partial charge in [0.05, 0.1) is 0 Å². The molecule has 0 saturated heterocycles. The molecule has 0 amide bonds. The average Bonchev–Trinajstić information content (AvgIpc) is 2.27. The molecule has 16 heavy (non-hydrogen) atoms. The number of hydrogen-bond donors (Lipinski definition) is 0. The number of benzene rings is 1. The Morgan fingerprint density at radius 1 is 1.38 bits per heavy atom. The summed E-state index contributed by atoms with van der Waals surface area (Å²) < 4.78 is 4.94. The molecule has 0 fully saturated rings. The van der Waals surface area contributed by atoms with Crippen molar-refractivity contribution in [1.82, 2.24) is 4.98 Å². The Kier molecular flexibility index (Phi) is 2.64. The highest BCUT2D eigenvalue weighted by Gasteiger charge is 2.04. The smallest absolute Gasteiger partial charge is 0.308 e. The van der Waals surface area contributed by atoms with Gasteiger partial charge in [-0.3, -0.25) is 14.6 Å². The van der Waals surface area contributed by atoms with Crippen LogP contribution in [0.5, 0.6) is 5.75 Å². The predicted octanol–water partition coefficient (Wildman–Crippen LogP) is 1.97. The second-order valence-electron chi connectivity index (χ2n) is 3.29. The summed E-state index contributed by atoms with van der Waals surface area (Å²) in [5.74, 6) is 0.0204. The topological polar surface area (TPSA) is 56.3 Å². The molecule has 0 radical (unpaired) electrons. The first-order valence-electron chi connectivity index (χ1n) is 4.73. The Hall–Kier alpha value is -2.23. The number of carbonyl (C=O) groups excluding carboxylic acids is 2. The van der Waals surface area contributed by atoms with Gasteiger partial charge in [0.2, 0.25) is 0 Å². The maximum absolute atomic E-state index is 10.8. The molecule has 0 aliphatic carbocycles. The van der Waals surface area contributed by atoms with Crippen molar-refractivity contribution >= 4 is 23.0 Å². The Bertz CT molecular complexity index is 563. The highest BCUT2D eigenvalue weighted by molar-refractivity contribution is 5.96. The molecule has 4 heteroatoms. The van der Waals surface area contributed by atoms with Crippen LogP contribution in [0.4, 0.5) is 0 Å². The van der Waals surface area contributed by atoms with Gasteiger partial charge in [-0.1, -0.05) is 6.07 Å². The molecule has 0 aliphatic rings. The normalized spacial score (nSPS) is 10.1. The lowest BCUT2D eigenvalue weighted by Crippen LogP contribution is -2.01. The lowest BCUT2D eigenvalue weighted by molar-refractivity contribution is -0.131. The fourth-order valence-electron chi connectivity index (χ4n) is 1.49. The first kappa shape index (κ1) is 10.3. The monoisotopic (exact) mass is 215 g/mol. The minimum atomic E-state index is -0.393. The van der Waals surface area contributed by atoms with E-state index in [4.69, 9.17) is 4.74 Å². The number of hydrogen-bond acceptors (Lipinski definition) is 4. The van der Waals surface area contributed by atoms with Crippen LogP contribution in [0.2, 0.25) is 0 Å². The number of fused-ring (bicyclic) bond motifs is 1. The largest absolute Gasteiger partial charge is 0.427 e. The maximum atomic E-state index is 10.8. The van der Waals surface area contributed by atoms with Crippen LogP contribution in [0.3, 0.4) is 0 Å². The maximum Gasteiger partial charge on any atom is 0.308 e. The summed E-state index contributed by atoms with van der Waals surface area (Å²) in [6.45, 7) is 1.33. The molecular weight excluding hydrogens is 206 g/mol. The van der Waals surface area contributed by atoms with Crippen LogP contribution < -0.4 is 4.74 Å². The number of ether oxygens (including phenoxy) is 1. The van der Waals surface area contributed by atoms with Gasteiger partial charge in [0.25, 0.3) is 0 Å². The Morgan fingerprint density at radius 3 is 2.88 bits per heavy atom. The van der Waals surface area contributed by atoms with Gasteiger partial charge in [0, 0.05) is 18.5 Å². The zero-order chi connectivity index (χ0) is 11.5. The van der Waals surface area contributed by atoms with E-state index in [1.54, 1.807) is 30.5 Å². The summed E-state index contributed by atoms with van der Waals surface area (Å²) in [6.07, 6.45) is 2.25. The summed E-state index contributed by atoms with van der Waals surface area (Å²) in [4.78, 5) is 25.5. The van der Waals surface area contributed by atoms with Crippen molar-refractivity contribution in [2.24, 2.45) is 0 Å². The van der Waals surface area contributed by atoms with E-state index >= 15 is 0 Å². The first-order chi connectivity index (χ1) is 7.70. The van der Waals surface area contributed by atoms with Crippen LogP contribution >= 0.6 is 0 Å². The number of aldehydes is 1. The number of aromatic nitrogens is 1. The van der Waals surface area contributed by atoms with Gasteiger partial charge in [-0.15, -0.1) is 0 Å². The fraction of sp³-hybridized carbons (Fsp3) is 0.0833. The van der Waals surface area contributed by atoms with E-state index in [1.807, 2.05) is 0 Å². The zero-order valence-electron chi connectivity index (χ0n) is 8.64. The molecule has 0 atom stereocenters. The molecule has 0 saturated carbocycles.